The van der Waals surface area contributed by atoms with E-state index < -0.39 is 41.7 Å². The van der Waals surface area contributed by atoms with Gasteiger partial charge < -0.3 is 9.31 Å². The summed E-state index contributed by atoms with van der Waals surface area (Å²) in [6.07, 6.45) is 0. The first-order valence-electron chi connectivity index (χ1n) is 9.01. The van der Waals surface area contributed by atoms with E-state index in [4.69, 9.17) is 9.31 Å². The van der Waals surface area contributed by atoms with Gasteiger partial charge in [0.25, 0.3) is 0 Å². The molecule has 0 aromatic heterocycles. The maximum absolute atomic E-state index is 14.4. The van der Waals surface area contributed by atoms with Gasteiger partial charge in [-0.3, -0.25) is 0 Å². The van der Waals surface area contributed by atoms with E-state index in [1.54, 1.807) is 24.3 Å². The highest BCUT2D eigenvalue weighted by atomic mass is 19.2. The van der Waals surface area contributed by atoms with E-state index in [9.17, 15) is 22.0 Å². The molecule has 0 fully saturated rings. The number of halogens is 5. The van der Waals surface area contributed by atoms with Crippen molar-refractivity contribution in [2.75, 3.05) is 0 Å². The SMILES string of the molecule is Fc1c(F)c(F)c(B2Oc3c(c4cccc5ccc6cccc3c6c54)O2)c(F)c1F. The minimum atomic E-state index is -2.23. The van der Waals surface area contributed by atoms with Gasteiger partial charge in [-0.15, -0.1) is 0 Å². The lowest BCUT2D eigenvalue weighted by molar-refractivity contribution is 0.380. The zero-order valence-electron chi connectivity index (χ0n) is 14.9. The number of hydrogen-bond donors (Lipinski definition) is 0. The summed E-state index contributed by atoms with van der Waals surface area (Å²) in [6, 6.07) is 14.8. The Labute approximate surface area is 165 Å². The Morgan fingerprint density at radius 3 is 1.43 bits per heavy atom. The van der Waals surface area contributed by atoms with Gasteiger partial charge in [0.1, 0.15) is 0 Å². The molecule has 0 bridgehead atoms. The second-order valence-electron chi connectivity index (χ2n) is 7.08. The van der Waals surface area contributed by atoms with Gasteiger partial charge in [0.15, 0.2) is 40.6 Å². The van der Waals surface area contributed by atoms with Crippen molar-refractivity contribution in [1.82, 2.24) is 0 Å². The van der Waals surface area contributed by atoms with Gasteiger partial charge in [-0.05, 0) is 10.8 Å². The van der Waals surface area contributed by atoms with Gasteiger partial charge in [0.05, 0.1) is 5.46 Å². The van der Waals surface area contributed by atoms with Crippen LogP contribution < -0.4 is 14.8 Å². The highest BCUT2D eigenvalue weighted by molar-refractivity contribution is 6.64. The largest absolute Gasteiger partial charge is 0.639 e. The fraction of sp³-hybridized carbons (Fsp3) is 0. The number of hydrogen-bond acceptors (Lipinski definition) is 2. The van der Waals surface area contributed by atoms with Gasteiger partial charge in [0.2, 0.25) is 0 Å². The highest BCUT2D eigenvalue weighted by Gasteiger charge is 2.44. The van der Waals surface area contributed by atoms with Crippen molar-refractivity contribution in [3.63, 3.8) is 0 Å². The molecule has 0 unspecified atom stereocenters. The molecule has 5 aromatic rings. The van der Waals surface area contributed by atoms with Crippen LogP contribution in [0.5, 0.6) is 11.5 Å². The van der Waals surface area contributed by atoms with Crippen molar-refractivity contribution in [3.05, 3.63) is 77.6 Å². The van der Waals surface area contributed by atoms with Gasteiger partial charge >= 0.3 is 7.12 Å². The van der Waals surface area contributed by atoms with E-state index in [2.05, 4.69) is 0 Å². The van der Waals surface area contributed by atoms with Crippen LogP contribution in [-0.2, 0) is 0 Å². The smallest absolute Gasteiger partial charge is 0.519 e. The molecule has 146 valence electrons. The summed E-state index contributed by atoms with van der Waals surface area (Å²) in [4.78, 5) is 0. The molecule has 0 amide bonds. The third-order valence-electron chi connectivity index (χ3n) is 5.51. The molecule has 8 heteroatoms. The molecule has 0 saturated heterocycles. The van der Waals surface area contributed by atoms with Crippen LogP contribution in [0.25, 0.3) is 32.3 Å². The monoisotopic (exact) mass is 410 g/mol. The third-order valence-corrected chi connectivity index (χ3v) is 5.51. The van der Waals surface area contributed by atoms with Crippen molar-refractivity contribution < 1.29 is 31.3 Å². The van der Waals surface area contributed by atoms with Gasteiger partial charge in [0, 0.05) is 21.5 Å². The molecule has 1 aliphatic heterocycles. The fourth-order valence-electron chi connectivity index (χ4n) is 4.20. The lowest BCUT2D eigenvalue weighted by Crippen LogP contribution is -2.45. The summed E-state index contributed by atoms with van der Waals surface area (Å²) in [6.45, 7) is 0. The van der Waals surface area contributed by atoms with E-state index in [0.29, 0.717) is 10.8 Å². The molecule has 0 radical (unpaired) electrons. The van der Waals surface area contributed by atoms with Crippen LogP contribution in [0.3, 0.4) is 0 Å². The third kappa shape index (κ3) is 2.03. The summed E-state index contributed by atoms with van der Waals surface area (Å²) in [5, 5.41) is 4.82. The molecule has 0 N–H and O–H groups in total. The number of fused-ring (bicyclic) bond motifs is 3. The van der Waals surface area contributed by atoms with E-state index in [1.807, 2.05) is 24.3 Å². The summed E-state index contributed by atoms with van der Waals surface area (Å²) in [5.41, 5.74) is -1.16. The van der Waals surface area contributed by atoms with E-state index >= 15 is 0 Å². The van der Waals surface area contributed by atoms with Crippen molar-refractivity contribution >= 4 is 44.9 Å². The minimum absolute atomic E-state index is 0.195. The van der Waals surface area contributed by atoms with Crippen LogP contribution in [0.1, 0.15) is 0 Å². The van der Waals surface area contributed by atoms with E-state index in [0.717, 1.165) is 21.5 Å². The first kappa shape index (κ1) is 17.3. The molecule has 30 heavy (non-hydrogen) atoms. The Balaban J connectivity index is 1.66. The van der Waals surface area contributed by atoms with Crippen molar-refractivity contribution in [2.45, 2.75) is 0 Å². The van der Waals surface area contributed by atoms with E-state index in [1.165, 1.54) is 0 Å². The van der Waals surface area contributed by atoms with Crippen LogP contribution in [0.2, 0.25) is 0 Å². The zero-order valence-corrected chi connectivity index (χ0v) is 14.9. The summed E-state index contributed by atoms with van der Waals surface area (Å²) in [7, 11) is -1.82. The molecular formula is C22H8BF5O2. The number of rotatable bonds is 1. The second-order valence-corrected chi connectivity index (χ2v) is 7.08. The zero-order chi connectivity index (χ0) is 20.7. The molecule has 0 atom stereocenters. The normalized spacial score (nSPS) is 13.3. The second kappa shape index (κ2) is 5.75. The van der Waals surface area contributed by atoms with Crippen LogP contribution in [0.15, 0.2) is 48.5 Å². The molecule has 2 nitrogen and oxygen atoms in total. The van der Waals surface area contributed by atoms with Crippen LogP contribution in [-0.4, -0.2) is 7.12 Å². The van der Waals surface area contributed by atoms with E-state index in [-0.39, 0.29) is 11.5 Å². The lowest BCUT2D eigenvalue weighted by atomic mass is 9.78. The van der Waals surface area contributed by atoms with Crippen molar-refractivity contribution in [1.29, 1.82) is 0 Å². The molecule has 0 aliphatic carbocycles. The maximum atomic E-state index is 14.4. The Hall–Kier alpha value is -3.55. The molecule has 5 aromatic carbocycles. The molecular weight excluding hydrogens is 402 g/mol. The Bertz CT molecular complexity index is 1410. The Morgan fingerprint density at radius 2 is 0.967 bits per heavy atom. The Morgan fingerprint density at radius 1 is 0.533 bits per heavy atom. The molecule has 6 rings (SSSR count). The van der Waals surface area contributed by atoms with Crippen LogP contribution in [0.4, 0.5) is 22.0 Å². The first-order chi connectivity index (χ1) is 14.5. The average molecular weight is 410 g/mol. The predicted molar refractivity (Wildman–Crippen MR) is 103 cm³/mol. The fourth-order valence-corrected chi connectivity index (χ4v) is 4.20. The lowest BCUT2D eigenvalue weighted by Gasteiger charge is -2.13. The quantitative estimate of drug-likeness (QED) is 0.120. The molecule has 0 saturated carbocycles. The minimum Gasteiger partial charge on any atom is -0.519 e. The summed E-state index contributed by atoms with van der Waals surface area (Å²) >= 11 is 0. The molecule has 1 aliphatic rings. The maximum Gasteiger partial charge on any atom is 0.639 e. The van der Waals surface area contributed by atoms with Gasteiger partial charge in [-0.1, -0.05) is 48.5 Å². The predicted octanol–water partition coefficient (Wildman–Crippen LogP) is 5.45. The van der Waals surface area contributed by atoms with Crippen molar-refractivity contribution in [3.8, 4) is 11.5 Å². The summed E-state index contributed by atoms with van der Waals surface area (Å²) in [5.74, 6) is -9.90. The van der Waals surface area contributed by atoms with Gasteiger partial charge in [-0.2, -0.15) is 0 Å². The van der Waals surface area contributed by atoms with Crippen LogP contribution in [0, 0.1) is 29.1 Å². The highest BCUT2D eigenvalue weighted by Crippen LogP contribution is 2.49. The first-order valence-corrected chi connectivity index (χ1v) is 9.01. The van der Waals surface area contributed by atoms with Crippen molar-refractivity contribution in [2.24, 2.45) is 0 Å². The molecule has 1 heterocycles. The van der Waals surface area contributed by atoms with Crippen LogP contribution >= 0.6 is 0 Å². The number of benzene rings is 5. The Kier molecular flexibility index (Phi) is 3.32. The van der Waals surface area contributed by atoms with Gasteiger partial charge in [-0.25, -0.2) is 22.0 Å². The summed E-state index contributed by atoms with van der Waals surface area (Å²) < 4.78 is 80.9. The average Bonchev–Trinajstić information content (AvgIpc) is 3.21. The molecule has 0 spiro atoms. The topological polar surface area (TPSA) is 18.5 Å². The standard InChI is InChI=1S/C22H8BF5O2/c24-16-15(17(25)19(27)20(28)18(16)26)23-29-21-11-5-1-3-9-7-8-10-4-2-6-12(22(21)30-23)14(10)13(9)11/h1-8H.